The Bertz CT molecular complexity index is 2650. The van der Waals surface area contributed by atoms with Gasteiger partial charge in [-0.25, -0.2) is 5.32 Å². The van der Waals surface area contributed by atoms with E-state index in [2.05, 4.69) is 158 Å². The predicted molar refractivity (Wildman–Crippen MR) is 194 cm³/mol. The molecule has 207 valence electrons. The molecule has 0 bridgehead atoms. The molecule has 1 radical (unpaired) electrons. The van der Waals surface area contributed by atoms with Crippen molar-refractivity contribution in [2.45, 2.75) is 0 Å². The summed E-state index contributed by atoms with van der Waals surface area (Å²) < 4.78 is 0. The van der Waals surface area contributed by atoms with Crippen LogP contribution in [0, 0.1) is 0 Å². The fraction of sp³-hybridized carbons (Fsp3) is 0. The summed E-state index contributed by atoms with van der Waals surface area (Å²) in [6, 6.07) is 57.9. The lowest BCUT2D eigenvalue weighted by Gasteiger charge is -2.13. The molecule has 0 heterocycles. The van der Waals surface area contributed by atoms with Crippen LogP contribution in [0.4, 0.5) is 11.4 Å². The highest BCUT2D eigenvalue weighted by atomic mass is 14.9. The summed E-state index contributed by atoms with van der Waals surface area (Å²) in [6.07, 6.45) is 0. The predicted octanol–water partition coefficient (Wildman–Crippen LogP) is 12.5. The normalized spacial score (nSPS) is 12.0. The number of rotatable bonds is 2. The Morgan fingerprint density at radius 2 is 0.489 bits per heavy atom. The van der Waals surface area contributed by atoms with Crippen molar-refractivity contribution in [3.8, 4) is 0 Å². The molecule has 0 aromatic heterocycles. The second-order valence-electron chi connectivity index (χ2n) is 12.3. The van der Waals surface area contributed by atoms with Crippen molar-refractivity contribution < 1.29 is 0 Å². The molecule has 0 aliphatic heterocycles. The Labute approximate surface area is 259 Å². The second kappa shape index (κ2) is 9.29. The topological polar surface area (TPSA) is 14.1 Å². The number of hydrogen-bond donors (Lipinski definition) is 0. The van der Waals surface area contributed by atoms with E-state index >= 15 is 0 Å². The van der Waals surface area contributed by atoms with Crippen LogP contribution < -0.4 is 5.32 Å². The molecule has 0 saturated heterocycles. The minimum Gasteiger partial charge on any atom is -0.248 e. The van der Waals surface area contributed by atoms with Gasteiger partial charge in [-0.15, -0.1) is 0 Å². The first-order valence-electron chi connectivity index (χ1n) is 15.5. The molecule has 0 atom stereocenters. The number of nitrogens with zero attached hydrogens (tertiary/aromatic N) is 1. The van der Waals surface area contributed by atoms with Crippen molar-refractivity contribution in [3.63, 3.8) is 0 Å². The quantitative estimate of drug-likeness (QED) is 0.184. The molecule has 0 unspecified atom stereocenters. The van der Waals surface area contributed by atoms with Gasteiger partial charge in [0.1, 0.15) is 0 Å². The van der Waals surface area contributed by atoms with E-state index in [-0.39, 0.29) is 0 Å². The first kappa shape index (κ1) is 24.5. The number of benzene rings is 10. The molecule has 10 aromatic carbocycles. The van der Waals surface area contributed by atoms with Crippen LogP contribution in [0.3, 0.4) is 0 Å². The molecule has 1 heteroatoms. The molecule has 0 aliphatic rings. The van der Waals surface area contributed by atoms with Crippen LogP contribution in [0.1, 0.15) is 0 Å². The van der Waals surface area contributed by atoms with Crippen molar-refractivity contribution in [1.82, 2.24) is 5.32 Å². The Morgan fingerprint density at radius 1 is 0.222 bits per heavy atom. The Kier molecular flexibility index (Phi) is 5.06. The third-order valence-electron chi connectivity index (χ3n) is 9.51. The van der Waals surface area contributed by atoms with E-state index in [9.17, 15) is 0 Å². The van der Waals surface area contributed by atoms with E-state index in [1.165, 1.54) is 86.2 Å². The molecule has 45 heavy (non-hydrogen) atoms. The van der Waals surface area contributed by atoms with Crippen LogP contribution in [-0.2, 0) is 0 Å². The Hall–Kier alpha value is -5.92. The monoisotopic (exact) mass is 568 g/mol. The van der Waals surface area contributed by atoms with Gasteiger partial charge in [-0.3, -0.25) is 0 Å². The molecule has 0 amide bonds. The minimum atomic E-state index is 0.991. The molecule has 0 fully saturated rings. The molecule has 1 nitrogen and oxygen atoms in total. The van der Waals surface area contributed by atoms with Crippen LogP contribution >= 0.6 is 0 Å². The second-order valence-corrected chi connectivity index (χ2v) is 12.3. The standard InChI is InChI=1S/C44H26N/c1-3-9-29-17-35-23-39-25-41-31(19-37(39)21-33(35)15-27(29)7-1)11-5-13-43(41)45-44-14-6-12-32-20-38-22-34-16-28-8-2-4-10-30(28)18-36(34)24-40(38)26-42(32)44/h1-26H. The lowest BCUT2D eigenvalue weighted by atomic mass is 9.96. The van der Waals surface area contributed by atoms with E-state index in [1.54, 1.807) is 0 Å². The van der Waals surface area contributed by atoms with Gasteiger partial charge in [0, 0.05) is 10.8 Å². The first-order chi connectivity index (χ1) is 22.2. The highest BCUT2D eigenvalue weighted by molar-refractivity contribution is 6.12. The first-order valence-corrected chi connectivity index (χ1v) is 15.5. The van der Waals surface area contributed by atoms with Crippen LogP contribution in [0.15, 0.2) is 158 Å². The molecule has 10 rings (SSSR count). The number of hydrogen-bond acceptors (Lipinski definition) is 0. The Balaban J connectivity index is 1.12. The van der Waals surface area contributed by atoms with Gasteiger partial charge in [-0.1, -0.05) is 72.8 Å². The molecule has 0 N–H and O–H groups in total. The summed E-state index contributed by atoms with van der Waals surface area (Å²) in [5.74, 6) is 0. The summed E-state index contributed by atoms with van der Waals surface area (Å²) in [5.41, 5.74) is 1.98. The van der Waals surface area contributed by atoms with Crippen LogP contribution in [-0.4, -0.2) is 0 Å². The van der Waals surface area contributed by atoms with E-state index in [0.29, 0.717) is 0 Å². The molecule has 0 saturated carbocycles. The fourth-order valence-corrected chi connectivity index (χ4v) is 7.23. The van der Waals surface area contributed by atoms with Crippen molar-refractivity contribution in [2.24, 2.45) is 0 Å². The molecule has 0 spiro atoms. The summed E-state index contributed by atoms with van der Waals surface area (Å²) in [7, 11) is 0. The largest absolute Gasteiger partial charge is 0.248 e. The maximum Gasteiger partial charge on any atom is 0.0715 e. The average Bonchev–Trinajstić information content (AvgIpc) is 3.06. The van der Waals surface area contributed by atoms with Gasteiger partial charge in [0.05, 0.1) is 11.4 Å². The van der Waals surface area contributed by atoms with Gasteiger partial charge < -0.3 is 0 Å². The molecule has 10 aromatic rings. The highest BCUT2D eigenvalue weighted by Gasteiger charge is 2.11. The highest BCUT2D eigenvalue weighted by Crippen LogP contribution is 2.37. The van der Waals surface area contributed by atoms with E-state index in [0.717, 1.165) is 11.4 Å². The third kappa shape index (κ3) is 3.95. The average molecular weight is 569 g/mol. The number of fused-ring (bicyclic) bond motifs is 8. The minimum absolute atomic E-state index is 0.991. The van der Waals surface area contributed by atoms with Crippen molar-refractivity contribution in [3.05, 3.63) is 158 Å². The van der Waals surface area contributed by atoms with Crippen molar-refractivity contribution in [2.75, 3.05) is 0 Å². The smallest absolute Gasteiger partial charge is 0.0715 e. The van der Waals surface area contributed by atoms with Gasteiger partial charge in [-0.2, -0.15) is 0 Å². The van der Waals surface area contributed by atoms with E-state index in [4.69, 9.17) is 5.32 Å². The van der Waals surface area contributed by atoms with Crippen molar-refractivity contribution >= 4 is 97.6 Å². The molecule has 0 aliphatic carbocycles. The van der Waals surface area contributed by atoms with Gasteiger partial charge in [-0.05, 0) is 160 Å². The van der Waals surface area contributed by atoms with Gasteiger partial charge >= 0.3 is 0 Å². The third-order valence-corrected chi connectivity index (χ3v) is 9.51. The van der Waals surface area contributed by atoms with Crippen LogP contribution in [0.2, 0.25) is 0 Å². The van der Waals surface area contributed by atoms with Crippen LogP contribution in [0.25, 0.3) is 86.2 Å². The zero-order chi connectivity index (χ0) is 29.5. The SMILES string of the molecule is c1ccc2cc3cc4cc5c([N]c6cccc7cc8cc9cc%10ccccc%10cc9cc8cc67)cccc5cc4cc3cc2c1. The van der Waals surface area contributed by atoms with E-state index in [1.807, 2.05) is 0 Å². The zero-order valence-electron chi connectivity index (χ0n) is 24.5. The molecular weight excluding hydrogens is 542 g/mol. The lowest BCUT2D eigenvalue weighted by molar-refractivity contribution is 1.22. The maximum atomic E-state index is 5.32. The summed E-state index contributed by atoms with van der Waals surface area (Å²) in [5, 5.41) is 25.2. The zero-order valence-corrected chi connectivity index (χ0v) is 24.5. The summed E-state index contributed by atoms with van der Waals surface area (Å²) in [4.78, 5) is 0. The fourth-order valence-electron chi connectivity index (χ4n) is 7.23. The summed E-state index contributed by atoms with van der Waals surface area (Å²) >= 11 is 0. The lowest BCUT2D eigenvalue weighted by Crippen LogP contribution is -1.92. The van der Waals surface area contributed by atoms with Gasteiger partial charge in [0.15, 0.2) is 0 Å². The summed E-state index contributed by atoms with van der Waals surface area (Å²) in [6.45, 7) is 0. The van der Waals surface area contributed by atoms with Crippen molar-refractivity contribution in [1.29, 1.82) is 0 Å². The van der Waals surface area contributed by atoms with Gasteiger partial charge in [0.25, 0.3) is 0 Å². The van der Waals surface area contributed by atoms with Crippen LogP contribution in [0.5, 0.6) is 0 Å². The Morgan fingerprint density at radius 3 is 0.844 bits per heavy atom. The van der Waals surface area contributed by atoms with E-state index < -0.39 is 0 Å². The van der Waals surface area contributed by atoms with Gasteiger partial charge in [0.2, 0.25) is 0 Å². The molecular formula is C44H26N. The maximum absolute atomic E-state index is 5.32.